The fourth-order valence-electron chi connectivity index (χ4n) is 3.15. The first-order valence-electron chi connectivity index (χ1n) is 10.1. The van der Waals surface area contributed by atoms with E-state index in [0.717, 1.165) is 45.4 Å². The summed E-state index contributed by atoms with van der Waals surface area (Å²) in [4.78, 5) is 5.61. The van der Waals surface area contributed by atoms with Crippen LogP contribution in [0.15, 0.2) is 57.9 Å². The molecule has 31 heavy (non-hydrogen) atoms. The first-order valence-corrected chi connectivity index (χ1v) is 11.0. The molecule has 7 heteroatoms. The highest BCUT2D eigenvalue weighted by molar-refractivity contribution is 7.07. The molecule has 1 heterocycles. The van der Waals surface area contributed by atoms with Crippen molar-refractivity contribution >= 4 is 17.0 Å². The first kappa shape index (κ1) is 22.6. The zero-order valence-electron chi connectivity index (χ0n) is 18.9. The Morgan fingerprint density at radius 2 is 1.65 bits per heavy atom. The molecule has 0 amide bonds. The highest BCUT2D eigenvalue weighted by Crippen LogP contribution is 2.33. The van der Waals surface area contributed by atoms with Gasteiger partial charge >= 0.3 is 0 Å². The van der Waals surface area contributed by atoms with Crippen molar-refractivity contribution in [2.24, 2.45) is 10.1 Å². The molecule has 0 saturated heterocycles. The molecule has 0 atom stereocenters. The van der Waals surface area contributed by atoms with Crippen molar-refractivity contribution in [1.82, 2.24) is 4.68 Å². The standard InChI is InChI=1S/C24H29N3O3S/c1-16(2)25-24-27(26-17(3)13-18-7-9-19(28-4)10-8-18)22(15-31-24)21-12-11-20(29-5)14-23(21)30-6/h7-12,14-16H,13H2,1-6H3. The largest absolute Gasteiger partial charge is 0.497 e. The fraction of sp³-hybridized carbons (Fsp3) is 0.333. The van der Waals surface area contributed by atoms with Crippen LogP contribution in [0.4, 0.5) is 0 Å². The molecule has 3 rings (SSSR count). The van der Waals surface area contributed by atoms with Crippen molar-refractivity contribution in [2.75, 3.05) is 21.3 Å². The molecule has 3 aromatic rings. The van der Waals surface area contributed by atoms with E-state index in [1.54, 1.807) is 32.7 Å². The lowest BCUT2D eigenvalue weighted by Gasteiger charge is -2.12. The lowest BCUT2D eigenvalue weighted by molar-refractivity contribution is 0.395. The van der Waals surface area contributed by atoms with Crippen molar-refractivity contribution in [3.63, 3.8) is 0 Å². The SMILES string of the molecule is COc1ccc(CC(C)=Nn2c(-c3ccc(OC)cc3OC)csc2=NC(C)C)cc1. The predicted octanol–water partition coefficient (Wildman–Crippen LogP) is 5.02. The van der Waals surface area contributed by atoms with Crippen LogP contribution < -0.4 is 19.0 Å². The Hall–Kier alpha value is -3.06. The first-order chi connectivity index (χ1) is 14.9. The van der Waals surface area contributed by atoms with Crippen molar-refractivity contribution in [1.29, 1.82) is 0 Å². The van der Waals surface area contributed by atoms with Gasteiger partial charge in [0.05, 0.1) is 27.0 Å². The molecule has 6 nitrogen and oxygen atoms in total. The summed E-state index contributed by atoms with van der Waals surface area (Å²) in [7, 11) is 4.97. The van der Waals surface area contributed by atoms with Gasteiger partial charge in [-0.3, -0.25) is 4.99 Å². The molecule has 0 aliphatic heterocycles. The Morgan fingerprint density at radius 1 is 0.968 bits per heavy atom. The maximum Gasteiger partial charge on any atom is 0.206 e. The third-order valence-electron chi connectivity index (χ3n) is 4.63. The van der Waals surface area contributed by atoms with Crippen LogP contribution >= 0.6 is 11.3 Å². The van der Waals surface area contributed by atoms with Crippen molar-refractivity contribution in [3.05, 3.63) is 58.2 Å². The molecule has 0 N–H and O–H groups in total. The van der Waals surface area contributed by atoms with Gasteiger partial charge in [0.1, 0.15) is 17.2 Å². The van der Waals surface area contributed by atoms with Gasteiger partial charge in [-0.1, -0.05) is 12.1 Å². The van der Waals surface area contributed by atoms with Gasteiger partial charge in [0, 0.05) is 35.2 Å². The Bertz CT molecular complexity index is 1110. The number of hydrogen-bond acceptors (Lipinski definition) is 6. The Balaban J connectivity index is 2.05. The van der Waals surface area contributed by atoms with Gasteiger partial charge < -0.3 is 14.2 Å². The van der Waals surface area contributed by atoms with E-state index in [1.807, 2.05) is 41.9 Å². The van der Waals surface area contributed by atoms with Gasteiger partial charge in [0.25, 0.3) is 0 Å². The summed E-state index contributed by atoms with van der Waals surface area (Å²) in [5.74, 6) is 2.32. The Kier molecular flexibility index (Phi) is 7.52. The number of aromatic nitrogens is 1. The van der Waals surface area contributed by atoms with E-state index in [2.05, 4.69) is 31.4 Å². The highest BCUT2D eigenvalue weighted by atomic mass is 32.1. The summed E-state index contributed by atoms with van der Waals surface area (Å²) in [5.41, 5.74) is 4.01. The summed E-state index contributed by atoms with van der Waals surface area (Å²) in [6, 6.07) is 14.0. The average Bonchev–Trinajstić information content (AvgIpc) is 3.14. The minimum absolute atomic E-state index is 0.160. The minimum Gasteiger partial charge on any atom is -0.497 e. The molecule has 0 aliphatic rings. The van der Waals surface area contributed by atoms with E-state index >= 15 is 0 Å². The second-order valence-electron chi connectivity index (χ2n) is 7.36. The molecule has 0 bridgehead atoms. The number of rotatable bonds is 8. The van der Waals surface area contributed by atoms with Gasteiger partial charge in [0.2, 0.25) is 4.80 Å². The van der Waals surface area contributed by atoms with Crippen molar-refractivity contribution in [3.8, 4) is 28.5 Å². The van der Waals surface area contributed by atoms with Gasteiger partial charge in [-0.05, 0) is 50.6 Å². The number of benzene rings is 2. The van der Waals surface area contributed by atoms with E-state index in [1.165, 1.54) is 5.56 Å². The molecule has 0 aliphatic carbocycles. The summed E-state index contributed by atoms with van der Waals surface area (Å²) in [6.07, 6.45) is 0.729. The fourth-order valence-corrected chi connectivity index (χ4v) is 4.10. The molecule has 0 saturated carbocycles. The minimum atomic E-state index is 0.160. The second kappa shape index (κ2) is 10.3. The quantitative estimate of drug-likeness (QED) is 0.463. The van der Waals surface area contributed by atoms with E-state index in [-0.39, 0.29) is 6.04 Å². The van der Waals surface area contributed by atoms with Crippen molar-refractivity contribution < 1.29 is 14.2 Å². The highest BCUT2D eigenvalue weighted by Gasteiger charge is 2.14. The monoisotopic (exact) mass is 439 g/mol. The topological polar surface area (TPSA) is 57.3 Å². The van der Waals surface area contributed by atoms with Gasteiger partial charge in [-0.2, -0.15) is 5.10 Å². The molecule has 0 unspecified atom stereocenters. The van der Waals surface area contributed by atoms with Crippen LogP contribution in [0.1, 0.15) is 26.3 Å². The zero-order valence-corrected chi connectivity index (χ0v) is 19.7. The van der Waals surface area contributed by atoms with Crippen LogP contribution in [-0.4, -0.2) is 37.8 Å². The number of thiazole rings is 1. The van der Waals surface area contributed by atoms with Crippen LogP contribution in [0.3, 0.4) is 0 Å². The smallest absolute Gasteiger partial charge is 0.206 e. The lowest BCUT2D eigenvalue weighted by Crippen LogP contribution is -2.16. The molecular formula is C24H29N3O3S. The number of hydrogen-bond donors (Lipinski definition) is 0. The maximum atomic E-state index is 5.63. The third-order valence-corrected chi connectivity index (χ3v) is 5.46. The summed E-state index contributed by atoms with van der Waals surface area (Å²) >= 11 is 1.57. The van der Waals surface area contributed by atoms with E-state index in [4.69, 9.17) is 24.3 Å². The average molecular weight is 440 g/mol. The van der Waals surface area contributed by atoms with Gasteiger partial charge in [-0.15, -0.1) is 11.3 Å². The summed E-state index contributed by atoms with van der Waals surface area (Å²) in [5, 5.41) is 7.00. The normalized spacial score (nSPS) is 12.4. The van der Waals surface area contributed by atoms with E-state index < -0.39 is 0 Å². The van der Waals surface area contributed by atoms with Crippen LogP contribution in [0, 0.1) is 0 Å². The summed E-state index contributed by atoms with van der Waals surface area (Å²) < 4.78 is 18.1. The zero-order chi connectivity index (χ0) is 22.4. The van der Waals surface area contributed by atoms with Crippen LogP contribution in [-0.2, 0) is 6.42 Å². The van der Waals surface area contributed by atoms with Gasteiger partial charge in [0.15, 0.2) is 0 Å². The van der Waals surface area contributed by atoms with E-state index in [9.17, 15) is 0 Å². The molecule has 2 aromatic carbocycles. The molecule has 164 valence electrons. The Labute approximate surface area is 187 Å². The summed E-state index contributed by atoms with van der Waals surface area (Å²) in [6.45, 7) is 6.15. The number of ether oxygens (including phenoxy) is 3. The lowest BCUT2D eigenvalue weighted by atomic mass is 10.1. The maximum absolute atomic E-state index is 5.63. The van der Waals surface area contributed by atoms with Crippen LogP contribution in [0.5, 0.6) is 17.2 Å². The molecule has 1 aromatic heterocycles. The van der Waals surface area contributed by atoms with Crippen LogP contribution in [0.25, 0.3) is 11.3 Å². The molecule has 0 spiro atoms. The van der Waals surface area contributed by atoms with E-state index in [0.29, 0.717) is 0 Å². The molecule has 0 fully saturated rings. The predicted molar refractivity (Wildman–Crippen MR) is 127 cm³/mol. The van der Waals surface area contributed by atoms with Crippen molar-refractivity contribution in [2.45, 2.75) is 33.2 Å². The Morgan fingerprint density at radius 3 is 2.26 bits per heavy atom. The molecule has 0 radical (unpaired) electrons. The number of nitrogens with zero attached hydrogens (tertiary/aromatic N) is 3. The third kappa shape index (κ3) is 5.55. The second-order valence-corrected chi connectivity index (χ2v) is 8.20. The number of methoxy groups -OCH3 is 3. The molecular weight excluding hydrogens is 410 g/mol. The van der Waals surface area contributed by atoms with Gasteiger partial charge in [-0.25, -0.2) is 4.68 Å². The van der Waals surface area contributed by atoms with Crippen LogP contribution in [0.2, 0.25) is 0 Å².